The summed E-state index contributed by atoms with van der Waals surface area (Å²) < 4.78 is 39.2. The monoisotopic (exact) mass is 552 g/mol. The molecule has 0 radical (unpaired) electrons. The predicted molar refractivity (Wildman–Crippen MR) is 148 cm³/mol. The van der Waals surface area contributed by atoms with Crippen molar-refractivity contribution in [3.8, 4) is 0 Å². The predicted octanol–water partition coefficient (Wildman–Crippen LogP) is 3.76. The lowest BCUT2D eigenvalue weighted by Gasteiger charge is -2.30. The number of primary amides is 1. The first-order valence-corrected chi connectivity index (χ1v) is 13.1. The quantitative estimate of drug-likeness (QED) is 0.303. The van der Waals surface area contributed by atoms with Gasteiger partial charge in [0.1, 0.15) is 18.2 Å². The fourth-order valence-corrected chi connectivity index (χ4v) is 4.89. The lowest BCUT2D eigenvalue weighted by molar-refractivity contribution is -0.117. The summed E-state index contributed by atoms with van der Waals surface area (Å²) in [5, 5.41) is 6.05. The molecule has 3 aromatic rings. The maximum atomic E-state index is 14.9. The van der Waals surface area contributed by atoms with Gasteiger partial charge < -0.3 is 31.6 Å². The molecule has 1 aliphatic rings. The fourth-order valence-electron chi connectivity index (χ4n) is 4.89. The third-order valence-corrected chi connectivity index (χ3v) is 6.98. The zero-order valence-electron chi connectivity index (χ0n) is 22.2. The highest BCUT2D eigenvalue weighted by Crippen LogP contribution is 2.30. The zero-order valence-corrected chi connectivity index (χ0v) is 22.2. The number of hydrogen-bond donors (Lipinski definition) is 4. The molecule has 40 heavy (non-hydrogen) atoms. The number of amides is 2. The Morgan fingerprint density at radius 1 is 1.10 bits per heavy atom. The summed E-state index contributed by atoms with van der Waals surface area (Å²) in [6.07, 6.45) is -0.237. The Kier molecular flexibility index (Phi) is 9.81. The van der Waals surface area contributed by atoms with Gasteiger partial charge in [-0.1, -0.05) is 48.0 Å². The number of nitrogens with one attached hydrogen (secondary N) is 2. The van der Waals surface area contributed by atoms with Crippen LogP contribution in [0.25, 0.3) is 0 Å². The van der Waals surface area contributed by atoms with Crippen LogP contribution in [-0.2, 0) is 20.7 Å². The molecule has 0 aromatic heterocycles. The molecule has 1 aliphatic heterocycles. The maximum Gasteiger partial charge on any atom is 0.404 e. The highest BCUT2D eigenvalue weighted by Gasteiger charge is 2.29. The van der Waals surface area contributed by atoms with Crippen molar-refractivity contribution in [1.29, 1.82) is 0 Å². The van der Waals surface area contributed by atoms with E-state index in [0.29, 0.717) is 42.8 Å². The molecule has 0 saturated carbocycles. The van der Waals surface area contributed by atoms with E-state index in [1.807, 2.05) is 31.2 Å². The van der Waals surface area contributed by atoms with E-state index >= 15 is 0 Å². The number of halogens is 2. The van der Waals surface area contributed by atoms with Crippen LogP contribution in [0, 0.1) is 18.6 Å². The van der Waals surface area contributed by atoms with Gasteiger partial charge in [-0.05, 0) is 55.2 Å². The molecule has 1 heterocycles. The molecular weight excluding hydrogens is 518 g/mol. The lowest BCUT2D eigenvalue weighted by Crippen LogP contribution is -2.49. The van der Waals surface area contributed by atoms with Gasteiger partial charge in [0, 0.05) is 23.7 Å². The van der Waals surface area contributed by atoms with Crippen LogP contribution in [-0.4, -0.2) is 49.9 Å². The SMILES string of the molecule is Cc1cccc([C@H](c2ccc(F)cc2)[C@H](N)C(=O)Nc2cccc(F)c2CC[C@@H]2CN[C@H](COC(N)=O)CO2)c1. The van der Waals surface area contributed by atoms with E-state index in [2.05, 4.69) is 10.6 Å². The van der Waals surface area contributed by atoms with Crippen molar-refractivity contribution >= 4 is 17.7 Å². The van der Waals surface area contributed by atoms with Crippen LogP contribution in [0.5, 0.6) is 0 Å². The Bertz CT molecular complexity index is 1310. The molecule has 2 amide bonds. The van der Waals surface area contributed by atoms with Crippen molar-refractivity contribution in [1.82, 2.24) is 5.32 Å². The van der Waals surface area contributed by atoms with Gasteiger partial charge in [0.05, 0.1) is 24.8 Å². The summed E-state index contributed by atoms with van der Waals surface area (Å²) >= 11 is 0. The topological polar surface area (TPSA) is 129 Å². The molecule has 4 atom stereocenters. The molecular formula is C30H34F2N4O4. The van der Waals surface area contributed by atoms with Gasteiger partial charge in [0.25, 0.3) is 0 Å². The van der Waals surface area contributed by atoms with E-state index < -0.39 is 29.8 Å². The van der Waals surface area contributed by atoms with Crippen molar-refractivity contribution < 1.29 is 27.8 Å². The van der Waals surface area contributed by atoms with Gasteiger partial charge in [0.15, 0.2) is 0 Å². The standard InChI is InChI=1S/C30H34F2N4O4/c1-18-4-2-5-20(14-18)27(19-8-10-21(31)11-9-19)28(33)29(37)36-26-7-3-6-25(32)24(26)13-12-23-15-35-22(16-39-23)17-40-30(34)38/h2-11,14,22-23,27-28,35H,12-13,15-17,33H2,1H3,(H2,34,38)(H,36,37)/t22-,23+,27-,28-/m0/s1. The number of carbonyl (C=O) groups excluding carboxylic acids is 2. The van der Waals surface area contributed by atoms with E-state index in [0.717, 1.165) is 11.1 Å². The average Bonchev–Trinajstić information content (AvgIpc) is 2.93. The minimum absolute atomic E-state index is 0.104. The number of ether oxygens (including phenoxy) is 2. The third kappa shape index (κ3) is 7.62. The average molecular weight is 553 g/mol. The van der Waals surface area contributed by atoms with Gasteiger partial charge >= 0.3 is 6.09 Å². The second-order valence-electron chi connectivity index (χ2n) is 9.95. The van der Waals surface area contributed by atoms with Gasteiger partial charge in [-0.15, -0.1) is 0 Å². The largest absolute Gasteiger partial charge is 0.448 e. The summed E-state index contributed by atoms with van der Waals surface area (Å²) in [6, 6.07) is 16.9. The lowest BCUT2D eigenvalue weighted by atomic mass is 9.84. The van der Waals surface area contributed by atoms with Crippen LogP contribution >= 0.6 is 0 Å². The molecule has 3 aromatic carbocycles. The Labute approximate surface area is 232 Å². The number of anilines is 1. The smallest absolute Gasteiger partial charge is 0.404 e. The highest BCUT2D eigenvalue weighted by atomic mass is 19.1. The van der Waals surface area contributed by atoms with Crippen molar-refractivity contribution in [3.63, 3.8) is 0 Å². The summed E-state index contributed by atoms with van der Waals surface area (Å²) in [5.41, 5.74) is 14.7. The third-order valence-electron chi connectivity index (χ3n) is 6.98. The van der Waals surface area contributed by atoms with Crippen LogP contribution in [0.1, 0.15) is 34.6 Å². The molecule has 1 fully saturated rings. The van der Waals surface area contributed by atoms with E-state index in [4.69, 9.17) is 20.9 Å². The van der Waals surface area contributed by atoms with Crippen molar-refractivity contribution in [2.24, 2.45) is 11.5 Å². The molecule has 10 heteroatoms. The minimum atomic E-state index is -1.03. The summed E-state index contributed by atoms with van der Waals surface area (Å²) in [5.74, 6) is -1.88. The van der Waals surface area contributed by atoms with Crippen LogP contribution < -0.4 is 22.1 Å². The van der Waals surface area contributed by atoms with E-state index in [1.165, 1.54) is 24.3 Å². The highest BCUT2D eigenvalue weighted by molar-refractivity contribution is 5.96. The second-order valence-corrected chi connectivity index (χ2v) is 9.95. The number of benzene rings is 3. The molecule has 4 rings (SSSR count). The van der Waals surface area contributed by atoms with Gasteiger partial charge in [0.2, 0.25) is 5.91 Å². The van der Waals surface area contributed by atoms with Crippen molar-refractivity contribution in [2.75, 3.05) is 25.1 Å². The van der Waals surface area contributed by atoms with E-state index in [9.17, 15) is 18.4 Å². The Morgan fingerprint density at radius 2 is 1.85 bits per heavy atom. The Balaban J connectivity index is 1.46. The molecule has 212 valence electrons. The Morgan fingerprint density at radius 3 is 2.52 bits per heavy atom. The van der Waals surface area contributed by atoms with Crippen LogP contribution in [0.4, 0.5) is 19.3 Å². The summed E-state index contributed by atoms with van der Waals surface area (Å²) in [6.45, 7) is 2.85. The fraction of sp³-hybridized carbons (Fsp3) is 0.333. The Hall–Kier alpha value is -3.86. The second kappa shape index (κ2) is 13.5. The van der Waals surface area contributed by atoms with Crippen LogP contribution in [0.2, 0.25) is 0 Å². The van der Waals surface area contributed by atoms with Gasteiger partial charge in [-0.2, -0.15) is 0 Å². The first kappa shape index (κ1) is 29.1. The van der Waals surface area contributed by atoms with E-state index in [1.54, 1.807) is 18.2 Å². The number of rotatable bonds is 10. The number of hydrogen-bond acceptors (Lipinski definition) is 6. The van der Waals surface area contributed by atoms with E-state index in [-0.39, 0.29) is 24.6 Å². The number of aryl methyl sites for hydroxylation is 1. The van der Waals surface area contributed by atoms with Gasteiger partial charge in [-0.3, -0.25) is 4.79 Å². The van der Waals surface area contributed by atoms with Crippen LogP contribution in [0.15, 0.2) is 66.7 Å². The molecule has 6 N–H and O–H groups in total. The molecule has 1 saturated heterocycles. The normalized spacial score (nSPS) is 18.5. The minimum Gasteiger partial charge on any atom is -0.448 e. The first-order valence-electron chi connectivity index (χ1n) is 13.1. The van der Waals surface area contributed by atoms with Crippen molar-refractivity contribution in [2.45, 2.75) is 43.9 Å². The summed E-state index contributed by atoms with van der Waals surface area (Å²) in [4.78, 5) is 24.3. The molecule has 8 nitrogen and oxygen atoms in total. The zero-order chi connectivity index (χ0) is 28.6. The molecule has 0 spiro atoms. The van der Waals surface area contributed by atoms with Crippen LogP contribution in [0.3, 0.4) is 0 Å². The van der Waals surface area contributed by atoms with Gasteiger partial charge in [-0.25, -0.2) is 13.6 Å². The first-order chi connectivity index (χ1) is 19.2. The van der Waals surface area contributed by atoms with Crippen molar-refractivity contribution in [3.05, 3.63) is 101 Å². The number of morpholine rings is 1. The molecule has 0 aliphatic carbocycles. The molecule has 0 bridgehead atoms. The maximum absolute atomic E-state index is 14.9. The summed E-state index contributed by atoms with van der Waals surface area (Å²) in [7, 11) is 0. The number of nitrogens with two attached hydrogens (primary N) is 2. The number of carbonyl (C=O) groups is 2. The molecule has 0 unspecified atom stereocenters.